The number of aromatic nitrogens is 2. The monoisotopic (exact) mass is 449 g/mol. The van der Waals surface area contributed by atoms with Gasteiger partial charge in [-0.2, -0.15) is 4.98 Å². The van der Waals surface area contributed by atoms with Gasteiger partial charge in [-0.3, -0.25) is 0 Å². The minimum Gasteiger partial charge on any atom is -0.357 e. The fourth-order valence-electron chi connectivity index (χ4n) is 1.96. The zero-order valence-corrected chi connectivity index (χ0v) is 16.5. The molecule has 0 unspecified atom stereocenters. The van der Waals surface area contributed by atoms with E-state index in [2.05, 4.69) is 20.4 Å². The molecule has 1 aromatic heterocycles. The Kier molecular flexibility index (Phi) is 8.32. The van der Waals surface area contributed by atoms with Crippen LogP contribution in [-0.4, -0.2) is 34.6 Å². The number of nitrogens with zero attached hydrogens (tertiary/aromatic N) is 4. The van der Waals surface area contributed by atoms with Crippen molar-refractivity contribution in [3.63, 3.8) is 0 Å². The average molecular weight is 450 g/mol. The standard InChI is InChI=1S/C15H20ClN5O.HI/c1-4-17-15(18-9-14-19-11(2)20-22-14)21(3)10-12-5-7-13(16)8-6-12;/h5-8H,4,9-10H2,1-3H3,(H,17,18);1H. The van der Waals surface area contributed by atoms with Crippen molar-refractivity contribution in [1.29, 1.82) is 0 Å². The highest BCUT2D eigenvalue weighted by Crippen LogP contribution is 2.11. The molecule has 0 amide bonds. The van der Waals surface area contributed by atoms with Crippen LogP contribution in [-0.2, 0) is 13.1 Å². The fourth-order valence-corrected chi connectivity index (χ4v) is 2.08. The maximum Gasteiger partial charge on any atom is 0.248 e. The summed E-state index contributed by atoms with van der Waals surface area (Å²) >= 11 is 5.91. The summed E-state index contributed by atoms with van der Waals surface area (Å²) in [5.74, 6) is 1.91. The highest BCUT2D eigenvalue weighted by Gasteiger charge is 2.08. The second-order valence-corrected chi connectivity index (χ2v) is 5.32. The summed E-state index contributed by atoms with van der Waals surface area (Å²) in [6, 6.07) is 7.78. The number of hydrogen-bond acceptors (Lipinski definition) is 4. The molecule has 1 heterocycles. The van der Waals surface area contributed by atoms with E-state index in [1.165, 1.54) is 0 Å². The Bertz CT molecular complexity index is 629. The van der Waals surface area contributed by atoms with Crippen molar-refractivity contribution in [1.82, 2.24) is 20.4 Å². The van der Waals surface area contributed by atoms with Crippen molar-refractivity contribution < 1.29 is 4.52 Å². The molecule has 0 aliphatic heterocycles. The number of rotatable bonds is 5. The average Bonchev–Trinajstić information content (AvgIpc) is 2.91. The van der Waals surface area contributed by atoms with Gasteiger partial charge in [-0.25, -0.2) is 4.99 Å². The van der Waals surface area contributed by atoms with Crippen LogP contribution in [0.4, 0.5) is 0 Å². The summed E-state index contributed by atoms with van der Waals surface area (Å²) in [4.78, 5) is 10.7. The number of aliphatic imine (C=N–C) groups is 1. The van der Waals surface area contributed by atoms with E-state index in [1.54, 1.807) is 6.92 Å². The maximum absolute atomic E-state index is 5.91. The molecule has 126 valence electrons. The molecule has 0 saturated heterocycles. The van der Waals surface area contributed by atoms with Crippen LogP contribution in [0, 0.1) is 6.92 Å². The van der Waals surface area contributed by atoms with Crippen molar-refractivity contribution in [3.8, 4) is 0 Å². The molecule has 0 radical (unpaired) electrons. The lowest BCUT2D eigenvalue weighted by atomic mass is 10.2. The molecule has 0 saturated carbocycles. The Labute approximate surface area is 158 Å². The number of hydrogen-bond donors (Lipinski definition) is 1. The largest absolute Gasteiger partial charge is 0.357 e. The molecule has 0 fully saturated rings. The quantitative estimate of drug-likeness (QED) is 0.431. The minimum absolute atomic E-state index is 0. The molecule has 23 heavy (non-hydrogen) atoms. The van der Waals surface area contributed by atoms with E-state index < -0.39 is 0 Å². The summed E-state index contributed by atoms with van der Waals surface area (Å²) in [7, 11) is 1.98. The molecule has 1 aromatic carbocycles. The molecular formula is C15H21ClIN5O. The predicted octanol–water partition coefficient (Wildman–Crippen LogP) is 3.25. The Morgan fingerprint density at radius 1 is 1.35 bits per heavy atom. The van der Waals surface area contributed by atoms with Crippen LogP contribution < -0.4 is 5.32 Å². The van der Waals surface area contributed by atoms with Gasteiger partial charge >= 0.3 is 0 Å². The van der Waals surface area contributed by atoms with Gasteiger partial charge in [0.1, 0.15) is 6.54 Å². The van der Waals surface area contributed by atoms with Crippen LogP contribution >= 0.6 is 35.6 Å². The van der Waals surface area contributed by atoms with Crippen LogP contribution in [0.25, 0.3) is 0 Å². The zero-order chi connectivity index (χ0) is 15.9. The van der Waals surface area contributed by atoms with Crippen LogP contribution in [0.3, 0.4) is 0 Å². The summed E-state index contributed by atoms with van der Waals surface area (Å²) in [6.45, 7) is 5.68. The molecule has 0 aliphatic carbocycles. The van der Waals surface area contributed by atoms with Gasteiger partial charge in [0.15, 0.2) is 11.8 Å². The maximum atomic E-state index is 5.91. The third kappa shape index (κ3) is 6.34. The Morgan fingerprint density at radius 3 is 2.61 bits per heavy atom. The molecule has 8 heteroatoms. The summed E-state index contributed by atoms with van der Waals surface area (Å²) in [5, 5.41) is 7.75. The van der Waals surface area contributed by atoms with Gasteiger partial charge in [-0.05, 0) is 31.5 Å². The van der Waals surface area contributed by atoms with E-state index in [4.69, 9.17) is 16.1 Å². The van der Waals surface area contributed by atoms with E-state index in [9.17, 15) is 0 Å². The first kappa shape index (κ1) is 19.7. The smallest absolute Gasteiger partial charge is 0.248 e. The van der Waals surface area contributed by atoms with Gasteiger partial charge in [0.05, 0.1) is 0 Å². The van der Waals surface area contributed by atoms with E-state index in [0.717, 1.165) is 29.6 Å². The normalized spacial score (nSPS) is 11.0. The van der Waals surface area contributed by atoms with Crippen molar-refractivity contribution in [2.24, 2.45) is 4.99 Å². The van der Waals surface area contributed by atoms with Crippen LogP contribution in [0.5, 0.6) is 0 Å². The van der Waals surface area contributed by atoms with Gasteiger partial charge in [0, 0.05) is 25.2 Å². The van der Waals surface area contributed by atoms with Gasteiger partial charge in [0.2, 0.25) is 5.89 Å². The Morgan fingerprint density at radius 2 is 2.04 bits per heavy atom. The number of benzene rings is 1. The highest BCUT2D eigenvalue weighted by molar-refractivity contribution is 14.0. The van der Waals surface area contributed by atoms with Gasteiger partial charge in [0.25, 0.3) is 0 Å². The van der Waals surface area contributed by atoms with E-state index in [0.29, 0.717) is 18.3 Å². The molecule has 0 spiro atoms. The Hall–Kier alpha value is -1.35. The van der Waals surface area contributed by atoms with Crippen molar-refractivity contribution in [2.45, 2.75) is 26.9 Å². The SMILES string of the molecule is CCNC(=NCc1nc(C)no1)N(C)Cc1ccc(Cl)cc1.I. The lowest BCUT2D eigenvalue weighted by molar-refractivity contribution is 0.375. The minimum atomic E-state index is 0. The number of nitrogens with one attached hydrogen (secondary N) is 1. The van der Waals surface area contributed by atoms with Gasteiger partial charge in [-0.15, -0.1) is 24.0 Å². The predicted molar refractivity (Wildman–Crippen MR) is 102 cm³/mol. The first-order chi connectivity index (χ1) is 10.6. The van der Waals surface area contributed by atoms with Crippen LogP contribution in [0.1, 0.15) is 24.2 Å². The molecule has 6 nitrogen and oxygen atoms in total. The van der Waals surface area contributed by atoms with Crippen LogP contribution in [0.2, 0.25) is 5.02 Å². The second kappa shape index (κ2) is 9.71. The summed E-state index contributed by atoms with van der Waals surface area (Å²) in [6.07, 6.45) is 0. The van der Waals surface area contributed by atoms with Crippen molar-refractivity contribution >= 4 is 41.5 Å². The van der Waals surface area contributed by atoms with Gasteiger partial charge < -0.3 is 14.7 Å². The third-order valence-electron chi connectivity index (χ3n) is 2.96. The molecule has 0 atom stereocenters. The second-order valence-electron chi connectivity index (χ2n) is 4.89. The van der Waals surface area contributed by atoms with E-state index in [1.807, 2.05) is 43.1 Å². The van der Waals surface area contributed by atoms with E-state index >= 15 is 0 Å². The lowest BCUT2D eigenvalue weighted by Crippen LogP contribution is -2.38. The third-order valence-corrected chi connectivity index (χ3v) is 3.22. The Balaban J connectivity index is 0.00000264. The molecule has 2 aromatic rings. The number of halogens is 2. The molecule has 0 aliphatic rings. The van der Waals surface area contributed by atoms with Crippen LogP contribution in [0.15, 0.2) is 33.8 Å². The zero-order valence-electron chi connectivity index (χ0n) is 13.4. The molecule has 2 rings (SSSR count). The first-order valence-electron chi connectivity index (χ1n) is 7.11. The first-order valence-corrected chi connectivity index (χ1v) is 7.49. The molecule has 0 bridgehead atoms. The number of guanidine groups is 1. The molecule has 1 N–H and O–H groups in total. The number of aryl methyl sites for hydroxylation is 1. The van der Waals surface area contributed by atoms with E-state index in [-0.39, 0.29) is 24.0 Å². The van der Waals surface area contributed by atoms with Crippen molar-refractivity contribution in [3.05, 3.63) is 46.6 Å². The fraction of sp³-hybridized carbons (Fsp3) is 0.400. The summed E-state index contributed by atoms with van der Waals surface area (Å²) in [5.41, 5.74) is 1.16. The lowest BCUT2D eigenvalue weighted by Gasteiger charge is -2.22. The summed E-state index contributed by atoms with van der Waals surface area (Å²) < 4.78 is 5.07. The van der Waals surface area contributed by atoms with Gasteiger partial charge in [-0.1, -0.05) is 28.9 Å². The molecular weight excluding hydrogens is 429 g/mol. The highest BCUT2D eigenvalue weighted by atomic mass is 127. The topological polar surface area (TPSA) is 66.5 Å². The van der Waals surface area contributed by atoms with Crippen molar-refractivity contribution in [2.75, 3.05) is 13.6 Å².